The predicted molar refractivity (Wildman–Crippen MR) is 49.4 cm³/mol. The molecule has 0 aliphatic rings. The van der Waals surface area contributed by atoms with E-state index in [1.165, 1.54) is 0 Å². The van der Waals surface area contributed by atoms with Crippen molar-refractivity contribution in [1.82, 2.24) is 5.32 Å². The normalized spacial score (nSPS) is 13.4. The quantitative estimate of drug-likeness (QED) is 0.329. The fourth-order valence-corrected chi connectivity index (χ4v) is 2.57. The second kappa shape index (κ2) is 4.80. The van der Waals surface area contributed by atoms with Gasteiger partial charge in [-0.1, -0.05) is 0 Å². The third-order valence-corrected chi connectivity index (χ3v) is 5.33. The Bertz CT molecular complexity index is 333. The fourth-order valence-electron chi connectivity index (χ4n) is 0.639. The maximum Gasteiger partial charge on any atom is 0.406 e. The standard InChI is InChI=1S/C4H11NO9P2/c1-14-3(6)5-2-4(7,15(8,9)10)16(11,12)13/h7H,2H2,1H3,(H,5,6)(H2,8,9,10)(H2,11,12,13). The zero-order valence-corrected chi connectivity index (χ0v) is 9.76. The summed E-state index contributed by atoms with van der Waals surface area (Å²) in [5, 5.41) is 7.15. The fraction of sp³-hybridized carbons (Fsp3) is 0.750. The third kappa shape index (κ3) is 3.26. The van der Waals surface area contributed by atoms with Crippen molar-refractivity contribution in [2.24, 2.45) is 0 Å². The van der Waals surface area contributed by atoms with Crippen molar-refractivity contribution in [1.29, 1.82) is 0 Å². The van der Waals surface area contributed by atoms with Crippen LogP contribution in [0.3, 0.4) is 0 Å². The summed E-state index contributed by atoms with van der Waals surface area (Å²) in [5.74, 6) is 0. The van der Waals surface area contributed by atoms with Gasteiger partial charge in [-0.15, -0.1) is 0 Å². The number of methoxy groups -OCH3 is 1. The SMILES string of the molecule is COC(=O)NCC(O)(P(=O)(O)O)P(=O)(O)O. The van der Waals surface area contributed by atoms with E-state index in [2.05, 4.69) is 4.74 Å². The van der Waals surface area contributed by atoms with Crippen LogP contribution < -0.4 is 5.32 Å². The summed E-state index contributed by atoms with van der Waals surface area (Å²) in [6.07, 6.45) is -1.21. The largest absolute Gasteiger partial charge is 0.453 e. The number of nitrogens with one attached hydrogen (secondary N) is 1. The smallest absolute Gasteiger partial charge is 0.406 e. The summed E-state index contributed by atoms with van der Waals surface area (Å²) in [6, 6.07) is 0. The highest BCUT2D eigenvalue weighted by Crippen LogP contribution is 2.66. The number of alkyl carbamates (subject to hydrolysis) is 1. The topological polar surface area (TPSA) is 174 Å². The zero-order valence-electron chi connectivity index (χ0n) is 7.97. The van der Waals surface area contributed by atoms with Crippen LogP contribution in [-0.4, -0.2) is 49.5 Å². The van der Waals surface area contributed by atoms with E-state index >= 15 is 0 Å². The van der Waals surface area contributed by atoms with Crippen molar-refractivity contribution in [3.63, 3.8) is 0 Å². The van der Waals surface area contributed by atoms with Gasteiger partial charge in [-0.3, -0.25) is 9.13 Å². The highest BCUT2D eigenvalue weighted by atomic mass is 31.2. The molecule has 0 unspecified atom stereocenters. The molecule has 0 heterocycles. The number of hydrogen-bond acceptors (Lipinski definition) is 5. The molecule has 0 spiro atoms. The first-order valence-electron chi connectivity index (χ1n) is 3.61. The lowest BCUT2D eigenvalue weighted by molar-refractivity contribution is 0.122. The second-order valence-electron chi connectivity index (χ2n) is 2.71. The first kappa shape index (κ1) is 15.5. The molecule has 0 fully saturated rings. The van der Waals surface area contributed by atoms with E-state index in [-0.39, 0.29) is 0 Å². The van der Waals surface area contributed by atoms with Crippen LogP contribution in [0.1, 0.15) is 0 Å². The summed E-state index contributed by atoms with van der Waals surface area (Å²) < 4.78 is 25.5. The molecule has 96 valence electrons. The molecule has 0 bridgehead atoms. The molecule has 0 radical (unpaired) electrons. The highest BCUT2D eigenvalue weighted by molar-refractivity contribution is 7.72. The molecule has 0 aromatic carbocycles. The molecule has 12 heteroatoms. The van der Waals surface area contributed by atoms with Crippen LogP contribution in [-0.2, 0) is 13.9 Å². The minimum absolute atomic E-state index is 0.920. The van der Waals surface area contributed by atoms with Crippen molar-refractivity contribution in [3.8, 4) is 0 Å². The molecular formula is C4H11NO9P2. The molecule has 0 aliphatic carbocycles. The summed E-state index contributed by atoms with van der Waals surface area (Å²) in [4.78, 5) is 45.1. The van der Waals surface area contributed by atoms with E-state index < -0.39 is 32.9 Å². The lowest BCUT2D eigenvalue weighted by atomic mass is 10.7. The number of hydrogen-bond donors (Lipinski definition) is 6. The molecular weight excluding hydrogens is 268 g/mol. The first-order valence-corrected chi connectivity index (χ1v) is 6.83. The monoisotopic (exact) mass is 279 g/mol. The Labute approximate surface area is 89.6 Å². The Balaban J connectivity index is 5.08. The van der Waals surface area contributed by atoms with Crippen LogP contribution in [0.15, 0.2) is 0 Å². The van der Waals surface area contributed by atoms with Crippen LogP contribution >= 0.6 is 15.2 Å². The van der Waals surface area contributed by atoms with Gasteiger partial charge in [-0.25, -0.2) is 4.79 Å². The average molecular weight is 279 g/mol. The lowest BCUT2D eigenvalue weighted by Gasteiger charge is -2.28. The van der Waals surface area contributed by atoms with Crippen LogP contribution in [0.25, 0.3) is 0 Å². The molecule has 6 N–H and O–H groups in total. The van der Waals surface area contributed by atoms with Crippen LogP contribution in [0.2, 0.25) is 0 Å². The van der Waals surface area contributed by atoms with E-state index in [1.807, 2.05) is 0 Å². The molecule has 16 heavy (non-hydrogen) atoms. The Morgan fingerprint density at radius 3 is 1.88 bits per heavy atom. The molecule has 0 rings (SSSR count). The van der Waals surface area contributed by atoms with Gasteiger partial charge in [0.1, 0.15) is 0 Å². The molecule has 0 aromatic heterocycles. The van der Waals surface area contributed by atoms with Gasteiger partial charge in [0.25, 0.3) is 5.08 Å². The summed E-state index contributed by atoms with van der Waals surface area (Å²) in [5.41, 5.74) is 0. The number of ether oxygens (including phenoxy) is 1. The van der Waals surface area contributed by atoms with Crippen LogP contribution in [0, 0.1) is 0 Å². The molecule has 0 aromatic rings. The molecule has 10 nitrogen and oxygen atoms in total. The van der Waals surface area contributed by atoms with Crippen LogP contribution in [0.5, 0.6) is 0 Å². The first-order chi connectivity index (χ1) is 6.95. The van der Waals surface area contributed by atoms with E-state index in [0.717, 1.165) is 7.11 Å². The van der Waals surface area contributed by atoms with E-state index in [9.17, 15) is 19.0 Å². The van der Waals surface area contributed by atoms with Crippen molar-refractivity contribution < 1.29 is 43.3 Å². The Morgan fingerprint density at radius 1 is 1.25 bits per heavy atom. The lowest BCUT2D eigenvalue weighted by Crippen LogP contribution is -2.42. The Morgan fingerprint density at radius 2 is 1.62 bits per heavy atom. The average Bonchev–Trinajstić information content (AvgIpc) is 2.09. The van der Waals surface area contributed by atoms with Gasteiger partial charge >= 0.3 is 21.3 Å². The zero-order chi connectivity index (χ0) is 13.2. The summed E-state index contributed by atoms with van der Waals surface area (Å²) >= 11 is 0. The van der Waals surface area contributed by atoms with Crippen molar-refractivity contribution in [2.75, 3.05) is 13.7 Å². The number of aliphatic hydroxyl groups is 1. The minimum atomic E-state index is -5.55. The van der Waals surface area contributed by atoms with Crippen LogP contribution in [0.4, 0.5) is 4.79 Å². The maximum absolute atomic E-state index is 10.8. The number of carbonyl (C=O) groups excluding carboxylic acids is 1. The summed E-state index contributed by atoms with van der Waals surface area (Å²) in [7, 11) is -10.2. The molecule has 0 aliphatic heterocycles. The van der Waals surface area contributed by atoms with Crippen molar-refractivity contribution >= 4 is 21.3 Å². The number of amides is 1. The van der Waals surface area contributed by atoms with E-state index in [0.29, 0.717) is 0 Å². The van der Waals surface area contributed by atoms with Crippen molar-refractivity contribution in [3.05, 3.63) is 0 Å². The maximum atomic E-state index is 10.8. The Kier molecular flexibility index (Phi) is 4.66. The van der Waals surface area contributed by atoms with Gasteiger partial charge < -0.3 is 34.7 Å². The van der Waals surface area contributed by atoms with Gasteiger partial charge in [-0.05, 0) is 0 Å². The van der Waals surface area contributed by atoms with Crippen molar-refractivity contribution in [2.45, 2.75) is 5.08 Å². The molecule has 1 amide bonds. The van der Waals surface area contributed by atoms with Gasteiger partial charge in [-0.2, -0.15) is 0 Å². The molecule has 0 atom stereocenters. The van der Waals surface area contributed by atoms with Gasteiger partial charge in [0.15, 0.2) is 0 Å². The number of carbonyl (C=O) groups is 1. The Hall–Kier alpha value is -0.470. The molecule has 0 saturated heterocycles. The predicted octanol–water partition coefficient (Wildman–Crippen LogP) is -1.66. The number of rotatable bonds is 4. The summed E-state index contributed by atoms with van der Waals surface area (Å²) in [6.45, 7) is -1.35. The van der Waals surface area contributed by atoms with Gasteiger partial charge in [0, 0.05) is 0 Å². The van der Waals surface area contributed by atoms with Gasteiger partial charge in [0.2, 0.25) is 0 Å². The third-order valence-electron chi connectivity index (χ3n) is 1.59. The minimum Gasteiger partial charge on any atom is -0.453 e. The van der Waals surface area contributed by atoms with Gasteiger partial charge in [0.05, 0.1) is 13.7 Å². The second-order valence-corrected chi connectivity index (χ2v) is 6.72. The van der Waals surface area contributed by atoms with E-state index in [4.69, 9.17) is 19.6 Å². The highest BCUT2D eigenvalue weighted by Gasteiger charge is 2.59. The van der Waals surface area contributed by atoms with E-state index in [1.54, 1.807) is 5.32 Å². The molecule has 0 saturated carbocycles.